The maximum Gasteiger partial charge on any atom is 0.246 e. The van der Waals surface area contributed by atoms with Gasteiger partial charge in [-0.05, 0) is 39.2 Å². The fourth-order valence-electron chi connectivity index (χ4n) is 4.16. The van der Waals surface area contributed by atoms with E-state index in [4.69, 9.17) is 0 Å². The molecule has 0 radical (unpaired) electrons. The average molecular weight is 409 g/mol. The molecule has 3 amide bonds. The Hall–Kier alpha value is -1.96. The van der Waals surface area contributed by atoms with Gasteiger partial charge in [0.1, 0.15) is 12.3 Å². The SMILES string of the molecule is CN[C@@H](C)C(=O)NC(C(=O)N1CC(NC(=O)C(C)C)CC1C=O)C1CCCCC1. The largest absolute Gasteiger partial charge is 0.351 e. The van der Waals surface area contributed by atoms with Crippen LogP contribution in [0.4, 0.5) is 0 Å². The van der Waals surface area contributed by atoms with Crippen molar-refractivity contribution in [2.75, 3.05) is 13.6 Å². The van der Waals surface area contributed by atoms with Crippen LogP contribution in [-0.4, -0.2) is 66.7 Å². The van der Waals surface area contributed by atoms with Crippen LogP contribution in [0, 0.1) is 11.8 Å². The third kappa shape index (κ3) is 6.01. The van der Waals surface area contributed by atoms with Crippen LogP contribution in [0.25, 0.3) is 0 Å². The van der Waals surface area contributed by atoms with E-state index in [0.29, 0.717) is 13.0 Å². The second kappa shape index (κ2) is 10.7. The molecule has 4 atom stereocenters. The Morgan fingerprint density at radius 2 is 1.69 bits per heavy atom. The molecule has 2 fully saturated rings. The quantitative estimate of drug-likeness (QED) is 0.510. The minimum atomic E-state index is -0.638. The molecule has 1 saturated heterocycles. The van der Waals surface area contributed by atoms with E-state index in [1.807, 2.05) is 13.8 Å². The molecule has 0 aromatic rings. The molecule has 3 N–H and O–H groups in total. The Morgan fingerprint density at radius 3 is 2.24 bits per heavy atom. The summed E-state index contributed by atoms with van der Waals surface area (Å²) in [5.41, 5.74) is 0. The van der Waals surface area contributed by atoms with Gasteiger partial charge in [0.05, 0.1) is 12.1 Å². The number of hydrogen-bond acceptors (Lipinski definition) is 5. The van der Waals surface area contributed by atoms with Gasteiger partial charge in [-0.15, -0.1) is 0 Å². The molecule has 0 spiro atoms. The van der Waals surface area contributed by atoms with Crippen LogP contribution < -0.4 is 16.0 Å². The lowest BCUT2D eigenvalue weighted by molar-refractivity contribution is -0.141. The molecule has 0 bridgehead atoms. The molecule has 29 heavy (non-hydrogen) atoms. The van der Waals surface area contributed by atoms with Crippen molar-refractivity contribution in [1.82, 2.24) is 20.9 Å². The molecule has 3 unspecified atom stereocenters. The molecule has 1 heterocycles. The Morgan fingerprint density at radius 1 is 1.03 bits per heavy atom. The van der Waals surface area contributed by atoms with Gasteiger partial charge in [0.25, 0.3) is 0 Å². The van der Waals surface area contributed by atoms with Crippen LogP contribution >= 0.6 is 0 Å². The van der Waals surface area contributed by atoms with E-state index in [9.17, 15) is 19.2 Å². The van der Waals surface area contributed by atoms with Crippen molar-refractivity contribution in [2.45, 2.75) is 83.5 Å². The summed E-state index contributed by atoms with van der Waals surface area (Å²) in [5, 5.41) is 8.76. The van der Waals surface area contributed by atoms with Gasteiger partial charge in [0.2, 0.25) is 17.7 Å². The summed E-state index contributed by atoms with van der Waals surface area (Å²) >= 11 is 0. The van der Waals surface area contributed by atoms with Crippen molar-refractivity contribution >= 4 is 24.0 Å². The van der Waals surface area contributed by atoms with Gasteiger partial charge in [-0.1, -0.05) is 33.1 Å². The first kappa shape index (κ1) is 23.3. The van der Waals surface area contributed by atoms with Crippen LogP contribution in [0.2, 0.25) is 0 Å². The van der Waals surface area contributed by atoms with E-state index >= 15 is 0 Å². The number of carbonyl (C=O) groups is 4. The van der Waals surface area contributed by atoms with Crippen LogP contribution in [0.5, 0.6) is 0 Å². The Kier molecular flexibility index (Phi) is 8.61. The van der Waals surface area contributed by atoms with E-state index in [-0.39, 0.29) is 35.6 Å². The first-order chi connectivity index (χ1) is 13.8. The number of rotatable bonds is 8. The Labute approximate surface area is 173 Å². The number of amides is 3. The van der Waals surface area contributed by atoms with Gasteiger partial charge in [-0.2, -0.15) is 0 Å². The first-order valence-corrected chi connectivity index (χ1v) is 10.8. The van der Waals surface area contributed by atoms with Crippen molar-refractivity contribution < 1.29 is 19.2 Å². The third-order valence-corrected chi connectivity index (χ3v) is 6.17. The van der Waals surface area contributed by atoms with Crippen LogP contribution in [0.3, 0.4) is 0 Å². The summed E-state index contributed by atoms with van der Waals surface area (Å²) in [6, 6.07) is -1.87. The molecule has 1 aliphatic heterocycles. The van der Waals surface area contributed by atoms with Gasteiger partial charge >= 0.3 is 0 Å². The molecule has 1 saturated carbocycles. The smallest absolute Gasteiger partial charge is 0.246 e. The molecular weight excluding hydrogens is 372 g/mol. The summed E-state index contributed by atoms with van der Waals surface area (Å²) in [4.78, 5) is 51.2. The Balaban J connectivity index is 2.15. The van der Waals surface area contributed by atoms with Crippen molar-refractivity contribution in [3.63, 3.8) is 0 Å². The Bertz CT molecular complexity index is 603. The van der Waals surface area contributed by atoms with Gasteiger partial charge in [-0.25, -0.2) is 0 Å². The van der Waals surface area contributed by atoms with E-state index in [1.54, 1.807) is 18.9 Å². The molecule has 0 aromatic carbocycles. The summed E-state index contributed by atoms with van der Waals surface area (Å²) in [6.45, 7) is 5.66. The lowest BCUT2D eigenvalue weighted by atomic mass is 9.83. The number of carbonyl (C=O) groups excluding carboxylic acids is 4. The van der Waals surface area contributed by atoms with Crippen LogP contribution in [0.15, 0.2) is 0 Å². The van der Waals surface area contributed by atoms with Crippen molar-refractivity contribution in [3.05, 3.63) is 0 Å². The topological polar surface area (TPSA) is 108 Å². The molecule has 164 valence electrons. The number of aldehydes is 1. The van der Waals surface area contributed by atoms with E-state index in [1.165, 1.54) is 0 Å². The highest BCUT2D eigenvalue weighted by molar-refractivity contribution is 5.91. The average Bonchev–Trinajstić information content (AvgIpc) is 3.13. The molecule has 2 rings (SSSR count). The normalized spacial score (nSPS) is 24.8. The number of hydrogen-bond donors (Lipinski definition) is 3. The van der Waals surface area contributed by atoms with Gasteiger partial charge in [0, 0.05) is 18.5 Å². The van der Waals surface area contributed by atoms with E-state index in [0.717, 1.165) is 38.4 Å². The number of likely N-dealkylation sites (N-methyl/N-ethyl adjacent to an activating group) is 1. The minimum absolute atomic E-state index is 0.0702. The highest BCUT2D eigenvalue weighted by atomic mass is 16.2. The third-order valence-electron chi connectivity index (χ3n) is 6.17. The zero-order valence-corrected chi connectivity index (χ0v) is 18.1. The molecular formula is C21H36N4O4. The molecule has 1 aliphatic carbocycles. The first-order valence-electron chi connectivity index (χ1n) is 10.8. The van der Waals surface area contributed by atoms with Crippen molar-refractivity contribution in [1.29, 1.82) is 0 Å². The lowest BCUT2D eigenvalue weighted by Gasteiger charge is -2.34. The lowest BCUT2D eigenvalue weighted by Crippen LogP contribution is -2.57. The molecule has 8 heteroatoms. The molecule has 0 aromatic heterocycles. The number of likely N-dealkylation sites (tertiary alicyclic amines) is 1. The maximum absolute atomic E-state index is 13.4. The fraction of sp³-hybridized carbons (Fsp3) is 0.810. The fourth-order valence-corrected chi connectivity index (χ4v) is 4.16. The zero-order chi connectivity index (χ0) is 21.6. The molecule has 2 aliphatic rings. The summed E-state index contributed by atoms with van der Waals surface area (Å²) in [5.74, 6) is -0.614. The number of nitrogens with one attached hydrogen (secondary N) is 3. The summed E-state index contributed by atoms with van der Waals surface area (Å²) in [7, 11) is 1.70. The predicted octanol–water partition coefficient (Wildman–Crippen LogP) is 0.600. The second-order valence-electron chi connectivity index (χ2n) is 8.68. The van der Waals surface area contributed by atoms with Crippen molar-refractivity contribution in [2.24, 2.45) is 11.8 Å². The zero-order valence-electron chi connectivity index (χ0n) is 18.1. The van der Waals surface area contributed by atoms with Crippen LogP contribution in [-0.2, 0) is 19.2 Å². The minimum Gasteiger partial charge on any atom is -0.351 e. The van der Waals surface area contributed by atoms with Crippen molar-refractivity contribution in [3.8, 4) is 0 Å². The predicted molar refractivity (Wildman–Crippen MR) is 110 cm³/mol. The van der Waals surface area contributed by atoms with Gasteiger partial charge < -0.3 is 25.6 Å². The summed E-state index contributed by atoms with van der Waals surface area (Å²) in [6.07, 6.45) is 6.17. The highest BCUT2D eigenvalue weighted by Gasteiger charge is 2.41. The molecule has 8 nitrogen and oxygen atoms in total. The van der Waals surface area contributed by atoms with E-state index < -0.39 is 18.1 Å². The van der Waals surface area contributed by atoms with Gasteiger partial charge in [0.15, 0.2) is 0 Å². The van der Waals surface area contributed by atoms with E-state index in [2.05, 4.69) is 16.0 Å². The second-order valence-corrected chi connectivity index (χ2v) is 8.68. The summed E-state index contributed by atoms with van der Waals surface area (Å²) < 4.78 is 0. The highest BCUT2D eigenvalue weighted by Crippen LogP contribution is 2.29. The maximum atomic E-state index is 13.4. The van der Waals surface area contributed by atoms with Crippen LogP contribution in [0.1, 0.15) is 59.3 Å². The standard InChI is InChI=1S/C21H36N4O4/c1-13(2)19(27)23-16-10-17(12-26)25(11-16)21(29)18(15-8-6-5-7-9-15)24-20(28)14(3)22-4/h12-18,22H,5-11H2,1-4H3,(H,23,27)(H,24,28)/t14-,16?,17?,18?/m0/s1. The monoisotopic (exact) mass is 408 g/mol. The van der Waals surface area contributed by atoms with Gasteiger partial charge in [-0.3, -0.25) is 14.4 Å². The number of nitrogens with zero attached hydrogens (tertiary/aromatic N) is 1.